The summed E-state index contributed by atoms with van der Waals surface area (Å²) in [5.41, 5.74) is 6.19. The van der Waals surface area contributed by atoms with Crippen molar-refractivity contribution in [3.05, 3.63) is 88.7 Å². The lowest BCUT2D eigenvalue weighted by Gasteiger charge is -2.41. The number of fused-ring (bicyclic) bond motifs is 1. The first kappa shape index (κ1) is 23.6. The minimum absolute atomic E-state index is 0.0989. The summed E-state index contributed by atoms with van der Waals surface area (Å²) in [6.45, 7) is 6.58. The van der Waals surface area contributed by atoms with E-state index >= 15 is 0 Å². The molecule has 1 saturated heterocycles. The molecule has 5 nitrogen and oxygen atoms in total. The first-order valence-electron chi connectivity index (χ1n) is 11.6. The number of anilines is 2. The number of aromatic nitrogens is 1. The fourth-order valence-electron chi connectivity index (χ4n) is 5.17. The van der Waals surface area contributed by atoms with Gasteiger partial charge in [0, 0.05) is 29.5 Å². The van der Waals surface area contributed by atoms with Crippen LogP contribution in [0.1, 0.15) is 49.7 Å². The van der Waals surface area contributed by atoms with E-state index in [4.69, 9.17) is 28.6 Å². The smallest absolute Gasteiger partial charge is 0.174 e. The Bertz CT molecular complexity index is 1320. The van der Waals surface area contributed by atoms with Crippen LogP contribution in [0, 0.1) is 0 Å². The zero-order chi connectivity index (χ0) is 24.9. The highest BCUT2D eigenvalue weighted by Crippen LogP contribution is 2.49. The van der Waals surface area contributed by atoms with E-state index in [2.05, 4.69) is 66.1 Å². The summed E-state index contributed by atoms with van der Waals surface area (Å²) in [6, 6.07) is 17.7. The molecule has 2 aromatic carbocycles. The quantitative estimate of drug-likeness (QED) is 0.406. The van der Waals surface area contributed by atoms with E-state index in [0.717, 1.165) is 28.4 Å². The van der Waals surface area contributed by atoms with E-state index in [1.54, 1.807) is 13.3 Å². The molecule has 2 aliphatic heterocycles. The average Bonchev–Trinajstić information content (AvgIpc) is 3.19. The van der Waals surface area contributed by atoms with Crippen molar-refractivity contribution >= 4 is 45.9 Å². The van der Waals surface area contributed by atoms with Gasteiger partial charge in [0.15, 0.2) is 5.11 Å². The number of halogens is 1. The Labute approximate surface area is 217 Å². The van der Waals surface area contributed by atoms with Crippen LogP contribution in [0.4, 0.5) is 11.4 Å². The summed E-state index contributed by atoms with van der Waals surface area (Å²) >= 11 is 13.0. The van der Waals surface area contributed by atoms with Gasteiger partial charge in [0.2, 0.25) is 0 Å². The van der Waals surface area contributed by atoms with Crippen molar-refractivity contribution in [1.29, 1.82) is 0 Å². The van der Waals surface area contributed by atoms with E-state index in [1.165, 1.54) is 11.1 Å². The van der Waals surface area contributed by atoms with Crippen LogP contribution in [-0.4, -0.2) is 29.8 Å². The molecule has 1 fully saturated rings. The molecule has 0 unspecified atom stereocenters. The summed E-state index contributed by atoms with van der Waals surface area (Å²) in [5, 5.41) is 4.81. The van der Waals surface area contributed by atoms with Crippen LogP contribution in [-0.2, 0) is 0 Å². The normalized spacial score (nSPS) is 20.9. The average molecular weight is 505 g/mol. The SMILES string of the molecule is COc1ccccc1N1C(=S)N[C@H](c2ccccn2)[C@H]1c1cc2c(cc1Cl)N(C)C(C)(C)C=C2C. The highest BCUT2D eigenvalue weighted by molar-refractivity contribution is 7.80. The Morgan fingerprint density at radius 1 is 1.09 bits per heavy atom. The number of hydrogen-bond donors (Lipinski definition) is 1. The third kappa shape index (κ3) is 3.95. The number of allylic oxidation sites excluding steroid dienone is 1. The van der Waals surface area contributed by atoms with Gasteiger partial charge in [-0.15, -0.1) is 0 Å². The molecular formula is C28H29ClN4OS. The molecule has 1 aromatic heterocycles. The van der Waals surface area contributed by atoms with Gasteiger partial charge >= 0.3 is 0 Å². The van der Waals surface area contributed by atoms with E-state index in [9.17, 15) is 0 Å². The number of hydrogen-bond acceptors (Lipinski definition) is 4. The summed E-state index contributed by atoms with van der Waals surface area (Å²) in [7, 11) is 3.79. The van der Waals surface area contributed by atoms with Gasteiger partial charge in [-0.05, 0) is 80.5 Å². The van der Waals surface area contributed by atoms with E-state index in [1.807, 2.05) is 42.5 Å². The Hall–Kier alpha value is -3.09. The molecule has 1 N–H and O–H groups in total. The molecule has 0 bridgehead atoms. The monoisotopic (exact) mass is 504 g/mol. The van der Waals surface area contributed by atoms with Gasteiger partial charge in [0.1, 0.15) is 5.75 Å². The van der Waals surface area contributed by atoms with Crippen LogP contribution < -0.4 is 19.9 Å². The van der Waals surface area contributed by atoms with Crippen molar-refractivity contribution in [2.45, 2.75) is 38.4 Å². The van der Waals surface area contributed by atoms with Crippen LogP contribution in [0.3, 0.4) is 0 Å². The summed E-state index contributed by atoms with van der Waals surface area (Å²) in [6.07, 6.45) is 4.11. The Balaban J connectivity index is 1.72. The highest BCUT2D eigenvalue weighted by Gasteiger charge is 2.43. The predicted molar refractivity (Wildman–Crippen MR) is 149 cm³/mol. The maximum Gasteiger partial charge on any atom is 0.174 e. The van der Waals surface area contributed by atoms with Crippen LogP contribution in [0.2, 0.25) is 5.02 Å². The topological polar surface area (TPSA) is 40.6 Å². The van der Waals surface area contributed by atoms with Gasteiger partial charge in [-0.2, -0.15) is 0 Å². The van der Waals surface area contributed by atoms with Gasteiger partial charge in [-0.3, -0.25) is 4.98 Å². The lowest BCUT2D eigenvalue weighted by atomic mass is 9.86. The minimum atomic E-state index is -0.223. The van der Waals surface area contributed by atoms with Crippen LogP contribution in [0.15, 0.2) is 66.9 Å². The number of para-hydroxylation sites is 2. The molecule has 0 spiro atoms. The number of nitrogens with one attached hydrogen (secondary N) is 1. The van der Waals surface area contributed by atoms with Crippen molar-refractivity contribution in [3.8, 4) is 5.75 Å². The molecule has 7 heteroatoms. The Morgan fingerprint density at radius 2 is 1.83 bits per heavy atom. The van der Waals surface area contributed by atoms with Gasteiger partial charge < -0.3 is 19.9 Å². The summed E-state index contributed by atoms with van der Waals surface area (Å²) in [5.74, 6) is 0.745. The summed E-state index contributed by atoms with van der Waals surface area (Å²) < 4.78 is 5.71. The maximum absolute atomic E-state index is 7.08. The zero-order valence-corrected chi connectivity index (χ0v) is 22.1. The van der Waals surface area contributed by atoms with Crippen LogP contribution in [0.25, 0.3) is 5.57 Å². The molecule has 0 radical (unpaired) electrons. The van der Waals surface area contributed by atoms with Crippen molar-refractivity contribution < 1.29 is 4.74 Å². The van der Waals surface area contributed by atoms with Crippen molar-refractivity contribution in [3.63, 3.8) is 0 Å². The second-order valence-corrected chi connectivity index (χ2v) is 10.4. The van der Waals surface area contributed by atoms with E-state index in [0.29, 0.717) is 10.1 Å². The lowest BCUT2D eigenvalue weighted by Crippen LogP contribution is -2.42. The van der Waals surface area contributed by atoms with Gasteiger partial charge in [-0.25, -0.2) is 0 Å². The molecule has 3 aromatic rings. The van der Waals surface area contributed by atoms with Crippen LogP contribution in [0.5, 0.6) is 5.75 Å². The fourth-order valence-corrected chi connectivity index (χ4v) is 5.78. The fraction of sp³-hybridized carbons (Fsp3) is 0.286. The second-order valence-electron chi connectivity index (χ2n) is 9.60. The Morgan fingerprint density at radius 3 is 2.54 bits per heavy atom. The molecular weight excluding hydrogens is 476 g/mol. The van der Waals surface area contributed by atoms with Crippen molar-refractivity contribution in [1.82, 2.24) is 10.3 Å². The molecule has 2 aliphatic rings. The van der Waals surface area contributed by atoms with Gasteiger partial charge in [0.25, 0.3) is 0 Å². The number of benzene rings is 2. The number of rotatable bonds is 4. The van der Waals surface area contributed by atoms with E-state index in [-0.39, 0.29) is 17.6 Å². The minimum Gasteiger partial charge on any atom is -0.495 e. The number of thiocarbonyl (C=S) groups is 1. The van der Waals surface area contributed by atoms with Crippen molar-refractivity contribution in [2.24, 2.45) is 0 Å². The first-order valence-corrected chi connectivity index (χ1v) is 12.4. The number of likely N-dealkylation sites (N-methyl/N-ethyl adjacent to an activating group) is 1. The van der Waals surface area contributed by atoms with Crippen molar-refractivity contribution in [2.75, 3.05) is 24.0 Å². The largest absolute Gasteiger partial charge is 0.495 e. The Kier molecular flexibility index (Phi) is 5.98. The number of nitrogens with zero attached hydrogens (tertiary/aromatic N) is 3. The van der Waals surface area contributed by atoms with Gasteiger partial charge in [0.05, 0.1) is 36.1 Å². The first-order chi connectivity index (χ1) is 16.7. The molecule has 180 valence electrons. The number of methoxy groups -OCH3 is 1. The lowest BCUT2D eigenvalue weighted by molar-refractivity contribution is 0.414. The van der Waals surface area contributed by atoms with Crippen LogP contribution >= 0.6 is 23.8 Å². The molecule has 0 amide bonds. The molecule has 2 atom stereocenters. The standard InChI is InChI=1S/C28H29ClN4OS/c1-17-16-28(2,3)32(4)23-15-20(29)19(14-18(17)23)26-25(21-10-8-9-13-30-21)31-27(35)33(26)22-11-6-7-12-24(22)34-5/h6-16,25-26H,1-5H3,(H,31,35)/t25-,26-/m1/s1. The molecule has 3 heterocycles. The maximum atomic E-state index is 7.08. The number of pyridine rings is 1. The third-order valence-corrected chi connectivity index (χ3v) is 7.74. The van der Waals surface area contributed by atoms with E-state index < -0.39 is 0 Å². The van der Waals surface area contributed by atoms with Gasteiger partial charge in [-0.1, -0.05) is 35.9 Å². The molecule has 0 aliphatic carbocycles. The predicted octanol–water partition coefficient (Wildman–Crippen LogP) is 6.55. The molecule has 35 heavy (non-hydrogen) atoms. The molecule has 0 saturated carbocycles. The second kappa shape index (κ2) is 8.85. The number of ether oxygens (including phenoxy) is 1. The third-order valence-electron chi connectivity index (χ3n) is 7.10. The highest BCUT2D eigenvalue weighted by atomic mass is 35.5. The molecule has 5 rings (SSSR count). The summed E-state index contributed by atoms with van der Waals surface area (Å²) in [4.78, 5) is 9.04. The zero-order valence-electron chi connectivity index (χ0n) is 20.5.